The molecular formula is C19H20N2O3S2. The summed E-state index contributed by atoms with van der Waals surface area (Å²) in [6.07, 6.45) is 0. The number of rotatable bonds is 5. The molecule has 0 bridgehead atoms. The second-order valence-electron chi connectivity index (χ2n) is 5.65. The first kappa shape index (κ1) is 18.4. The summed E-state index contributed by atoms with van der Waals surface area (Å²) in [4.78, 5) is 15.6. The molecular weight excluding hydrogens is 368 g/mol. The fraction of sp³-hybridized carbons (Fsp3) is 0.263. The lowest BCUT2D eigenvalue weighted by Gasteiger charge is -2.37. The van der Waals surface area contributed by atoms with Crippen LogP contribution in [0.2, 0.25) is 0 Å². The minimum absolute atomic E-state index is 0.309. The third-order valence-corrected chi connectivity index (χ3v) is 5.38. The maximum atomic E-state index is 12.7. The normalized spacial score (nSPS) is 17.1. The zero-order valence-electron chi connectivity index (χ0n) is 14.8. The summed E-state index contributed by atoms with van der Waals surface area (Å²) >= 11 is 7.18. The number of allylic oxidation sites excluding steroid dienone is 1. The number of carbonyl (C=O) groups is 1. The van der Waals surface area contributed by atoms with Crippen LogP contribution in [-0.4, -0.2) is 24.8 Å². The second kappa shape index (κ2) is 7.88. The molecule has 0 aliphatic carbocycles. The standard InChI is InChI=1S/C19H20N2O3S2/c1-4-24-18(22)16-12(2)21(13-7-9-14(23-3)10-8-13)19(25)20-17(16)15-6-5-11-26-15/h5-11,17H,4H2,1-3H3,(H,20,25)/t17-/m0/s1. The molecule has 0 saturated heterocycles. The monoisotopic (exact) mass is 388 g/mol. The molecule has 3 rings (SSSR count). The summed E-state index contributed by atoms with van der Waals surface area (Å²) in [6.45, 7) is 4.01. The Balaban J connectivity index is 2.07. The Morgan fingerprint density at radius 3 is 2.62 bits per heavy atom. The number of nitrogens with zero attached hydrogens (tertiary/aromatic N) is 1. The lowest BCUT2D eigenvalue weighted by atomic mass is 10.0. The first-order valence-corrected chi connectivity index (χ1v) is 9.51. The zero-order chi connectivity index (χ0) is 18.7. The average Bonchev–Trinajstić information content (AvgIpc) is 3.16. The highest BCUT2D eigenvalue weighted by molar-refractivity contribution is 7.80. The maximum absolute atomic E-state index is 12.7. The summed E-state index contributed by atoms with van der Waals surface area (Å²) in [5, 5.41) is 5.81. The van der Waals surface area contributed by atoms with Gasteiger partial charge >= 0.3 is 5.97 Å². The van der Waals surface area contributed by atoms with Crippen molar-refractivity contribution >= 4 is 40.3 Å². The highest BCUT2D eigenvalue weighted by Crippen LogP contribution is 2.36. The van der Waals surface area contributed by atoms with Crippen LogP contribution in [0, 0.1) is 0 Å². The molecule has 136 valence electrons. The van der Waals surface area contributed by atoms with Crippen LogP contribution in [0.5, 0.6) is 5.75 Å². The molecule has 2 heterocycles. The first-order chi connectivity index (χ1) is 12.6. The third-order valence-electron chi connectivity index (χ3n) is 4.14. The van der Waals surface area contributed by atoms with E-state index in [1.165, 1.54) is 0 Å². The van der Waals surface area contributed by atoms with Gasteiger partial charge in [0.1, 0.15) is 5.75 Å². The van der Waals surface area contributed by atoms with Gasteiger partial charge in [0, 0.05) is 16.3 Å². The number of hydrogen-bond donors (Lipinski definition) is 1. The molecule has 1 N–H and O–H groups in total. The predicted octanol–water partition coefficient (Wildman–Crippen LogP) is 4.03. The van der Waals surface area contributed by atoms with Crippen molar-refractivity contribution < 1.29 is 14.3 Å². The van der Waals surface area contributed by atoms with Crippen molar-refractivity contribution in [1.29, 1.82) is 0 Å². The van der Waals surface area contributed by atoms with E-state index in [0.717, 1.165) is 22.0 Å². The van der Waals surface area contributed by atoms with E-state index in [1.54, 1.807) is 25.4 Å². The largest absolute Gasteiger partial charge is 0.497 e. The van der Waals surface area contributed by atoms with Crippen LogP contribution in [-0.2, 0) is 9.53 Å². The number of anilines is 1. The van der Waals surface area contributed by atoms with Gasteiger partial charge < -0.3 is 14.8 Å². The number of hydrogen-bond acceptors (Lipinski definition) is 5. The van der Waals surface area contributed by atoms with Crippen LogP contribution in [0.3, 0.4) is 0 Å². The summed E-state index contributed by atoms with van der Waals surface area (Å²) in [6, 6.07) is 11.2. The van der Waals surface area contributed by atoms with Gasteiger partial charge in [-0.1, -0.05) is 6.07 Å². The summed E-state index contributed by atoms with van der Waals surface area (Å²) in [5.41, 5.74) is 2.18. The SMILES string of the molecule is CCOC(=O)C1=C(C)N(c2ccc(OC)cc2)C(=S)N[C@H]1c1cccs1. The van der Waals surface area contributed by atoms with E-state index in [1.807, 2.05) is 53.6 Å². The first-order valence-electron chi connectivity index (χ1n) is 8.22. The van der Waals surface area contributed by atoms with Gasteiger partial charge in [-0.25, -0.2) is 4.79 Å². The molecule has 0 radical (unpaired) electrons. The molecule has 26 heavy (non-hydrogen) atoms. The fourth-order valence-electron chi connectivity index (χ4n) is 2.93. The van der Waals surface area contributed by atoms with Crippen molar-refractivity contribution in [2.75, 3.05) is 18.6 Å². The van der Waals surface area contributed by atoms with Crippen LogP contribution >= 0.6 is 23.6 Å². The second-order valence-corrected chi connectivity index (χ2v) is 7.02. The molecule has 5 nitrogen and oxygen atoms in total. The van der Waals surface area contributed by atoms with Gasteiger partial charge in [0.05, 0.1) is 25.3 Å². The topological polar surface area (TPSA) is 50.8 Å². The van der Waals surface area contributed by atoms with E-state index >= 15 is 0 Å². The number of thiophene rings is 1. The van der Waals surface area contributed by atoms with Crippen LogP contribution in [0.1, 0.15) is 24.8 Å². The van der Waals surface area contributed by atoms with E-state index in [9.17, 15) is 4.79 Å². The van der Waals surface area contributed by atoms with E-state index < -0.39 is 0 Å². The number of thiocarbonyl (C=S) groups is 1. The quantitative estimate of drug-likeness (QED) is 0.617. The van der Waals surface area contributed by atoms with Gasteiger partial charge in [-0.2, -0.15) is 0 Å². The molecule has 1 aromatic carbocycles. The van der Waals surface area contributed by atoms with E-state index in [-0.39, 0.29) is 12.0 Å². The molecule has 0 amide bonds. The van der Waals surface area contributed by atoms with Gasteiger partial charge in [-0.3, -0.25) is 4.90 Å². The molecule has 0 unspecified atom stereocenters. The maximum Gasteiger partial charge on any atom is 0.338 e. The van der Waals surface area contributed by atoms with Gasteiger partial charge in [-0.05, 0) is 61.8 Å². The van der Waals surface area contributed by atoms with Gasteiger partial charge in [0.2, 0.25) is 0 Å². The average molecular weight is 389 g/mol. The van der Waals surface area contributed by atoms with Gasteiger partial charge in [0.25, 0.3) is 0 Å². The molecule has 1 aliphatic heterocycles. The van der Waals surface area contributed by atoms with Crippen molar-refractivity contribution in [1.82, 2.24) is 5.32 Å². The van der Waals surface area contributed by atoms with Crippen molar-refractivity contribution in [2.45, 2.75) is 19.9 Å². The minimum atomic E-state index is -0.336. The number of benzene rings is 1. The molecule has 7 heteroatoms. The lowest BCUT2D eigenvalue weighted by Crippen LogP contribution is -2.47. The Bertz CT molecular complexity index is 829. The van der Waals surface area contributed by atoms with E-state index in [4.69, 9.17) is 21.7 Å². The molecule has 0 saturated carbocycles. The van der Waals surface area contributed by atoms with Crippen molar-refractivity contribution in [2.24, 2.45) is 0 Å². The Labute approximate surface area is 162 Å². The fourth-order valence-corrected chi connectivity index (χ4v) is 4.07. The number of ether oxygens (including phenoxy) is 2. The van der Waals surface area contributed by atoms with Crippen LogP contribution in [0.25, 0.3) is 0 Å². The smallest absolute Gasteiger partial charge is 0.338 e. The molecule has 1 aliphatic rings. The summed E-state index contributed by atoms with van der Waals surface area (Å²) in [5.74, 6) is 0.422. The Morgan fingerprint density at radius 1 is 1.31 bits per heavy atom. The Hall–Kier alpha value is -2.38. The van der Waals surface area contributed by atoms with Crippen LogP contribution in [0.15, 0.2) is 53.0 Å². The van der Waals surface area contributed by atoms with Crippen LogP contribution in [0.4, 0.5) is 5.69 Å². The Kier molecular flexibility index (Phi) is 5.58. The summed E-state index contributed by atoms with van der Waals surface area (Å²) in [7, 11) is 1.62. The number of methoxy groups -OCH3 is 1. The third kappa shape index (κ3) is 3.45. The number of esters is 1. The molecule has 0 fully saturated rings. The number of carbonyl (C=O) groups excluding carboxylic acids is 1. The predicted molar refractivity (Wildman–Crippen MR) is 108 cm³/mol. The lowest BCUT2D eigenvalue weighted by molar-refractivity contribution is -0.139. The highest BCUT2D eigenvalue weighted by atomic mass is 32.1. The van der Waals surface area contributed by atoms with Crippen molar-refractivity contribution in [3.63, 3.8) is 0 Å². The number of nitrogens with one attached hydrogen (secondary N) is 1. The highest BCUT2D eigenvalue weighted by Gasteiger charge is 2.35. The molecule has 1 atom stereocenters. The molecule has 2 aromatic rings. The van der Waals surface area contributed by atoms with Crippen molar-refractivity contribution in [3.05, 3.63) is 57.9 Å². The summed E-state index contributed by atoms with van der Waals surface area (Å²) < 4.78 is 10.5. The minimum Gasteiger partial charge on any atom is -0.497 e. The van der Waals surface area contributed by atoms with Gasteiger partial charge in [0.15, 0.2) is 5.11 Å². The zero-order valence-corrected chi connectivity index (χ0v) is 16.4. The molecule has 1 aromatic heterocycles. The van der Waals surface area contributed by atoms with Crippen molar-refractivity contribution in [3.8, 4) is 5.75 Å². The Morgan fingerprint density at radius 2 is 2.04 bits per heavy atom. The van der Waals surface area contributed by atoms with E-state index in [0.29, 0.717) is 17.3 Å². The van der Waals surface area contributed by atoms with E-state index in [2.05, 4.69) is 5.32 Å². The van der Waals surface area contributed by atoms with Crippen LogP contribution < -0.4 is 15.0 Å². The molecule has 0 spiro atoms. The van der Waals surface area contributed by atoms with Gasteiger partial charge in [-0.15, -0.1) is 11.3 Å².